The molecule has 134 valence electrons. The van der Waals surface area contributed by atoms with Crippen LogP contribution in [0.3, 0.4) is 0 Å². The highest BCUT2D eigenvalue weighted by atomic mass is 16.5. The average Bonchev–Trinajstić information content (AvgIpc) is 2.60. The zero-order valence-electron chi connectivity index (χ0n) is 15.0. The quantitative estimate of drug-likeness (QED) is 0.672. The van der Waals surface area contributed by atoms with E-state index in [1.54, 1.807) is 7.11 Å². The number of hydrogen-bond acceptors (Lipinski definition) is 4. The Morgan fingerprint density at radius 1 is 0.960 bits per heavy atom. The minimum Gasteiger partial charge on any atom is -0.497 e. The van der Waals surface area contributed by atoms with Gasteiger partial charge in [0, 0.05) is 24.3 Å². The van der Waals surface area contributed by atoms with Crippen LogP contribution >= 0.6 is 0 Å². The first-order valence-corrected chi connectivity index (χ1v) is 8.47. The van der Waals surface area contributed by atoms with Crippen molar-refractivity contribution in [3.05, 3.63) is 48.5 Å². The Kier molecular flexibility index (Phi) is 7.14. The second kappa shape index (κ2) is 9.57. The molecule has 0 aliphatic carbocycles. The number of amides is 1. The van der Waals surface area contributed by atoms with Gasteiger partial charge in [-0.2, -0.15) is 0 Å². The van der Waals surface area contributed by atoms with E-state index in [1.807, 2.05) is 62.4 Å². The predicted molar refractivity (Wildman–Crippen MR) is 102 cm³/mol. The second-order valence-electron chi connectivity index (χ2n) is 6.17. The van der Waals surface area contributed by atoms with Crippen molar-refractivity contribution in [2.45, 2.75) is 20.3 Å². The highest BCUT2D eigenvalue weighted by molar-refractivity contribution is 5.90. The maximum atomic E-state index is 11.7. The summed E-state index contributed by atoms with van der Waals surface area (Å²) >= 11 is 0. The van der Waals surface area contributed by atoms with E-state index in [9.17, 15) is 4.79 Å². The molecule has 0 aromatic heterocycles. The molecule has 2 aromatic carbocycles. The topological polar surface area (TPSA) is 59.6 Å². The number of benzene rings is 2. The zero-order valence-corrected chi connectivity index (χ0v) is 15.0. The summed E-state index contributed by atoms with van der Waals surface area (Å²) in [6.45, 7) is 5.30. The van der Waals surface area contributed by atoms with Crippen LogP contribution in [0.15, 0.2) is 48.5 Å². The largest absolute Gasteiger partial charge is 0.497 e. The molecule has 25 heavy (non-hydrogen) atoms. The van der Waals surface area contributed by atoms with Crippen molar-refractivity contribution in [3.8, 4) is 11.5 Å². The van der Waals surface area contributed by atoms with E-state index >= 15 is 0 Å². The first-order chi connectivity index (χ1) is 12.1. The average molecular weight is 342 g/mol. The molecule has 0 saturated heterocycles. The Labute approximate surface area is 149 Å². The van der Waals surface area contributed by atoms with Crippen LogP contribution in [0, 0.1) is 5.92 Å². The highest BCUT2D eigenvalue weighted by Crippen LogP contribution is 2.17. The maximum absolute atomic E-state index is 11.7. The third kappa shape index (κ3) is 6.75. The Balaban J connectivity index is 1.71. The van der Waals surface area contributed by atoms with Gasteiger partial charge >= 0.3 is 0 Å². The molecule has 0 spiro atoms. The normalized spacial score (nSPS) is 10.4. The van der Waals surface area contributed by atoms with Gasteiger partial charge < -0.3 is 20.1 Å². The van der Waals surface area contributed by atoms with E-state index in [1.165, 1.54) is 0 Å². The molecule has 0 aliphatic heterocycles. The number of carbonyl (C=O) groups is 1. The number of hydrogen-bond donors (Lipinski definition) is 2. The second-order valence-corrected chi connectivity index (χ2v) is 6.17. The van der Waals surface area contributed by atoms with Gasteiger partial charge in [-0.1, -0.05) is 13.8 Å². The van der Waals surface area contributed by atoms with Crippen molar-refractivity contribution in [3.63, 3.8) is 0 Å². The zero-order chi connectivity index (χ0) is 18.1. The first-order valence-electron chi connectivity index (χ1n) is 8.47. The van der Waals surface area contributed by atoms with Crippen LogP contribution in [0.2, 0.25) is 0 Å². The van der Waals surface area contributed by atoms with Gasteiger partial charge in [-0.15, -0.1) is 0 Å². The number of rotatable bonds is 9. The maximum Gasteiger partial charge on any atom is 0.224 e. The summed E-state index contributed by atoms with van der Waals surface area (Å²) in [4.78, 5) is 11.7. The lowest BCUT2D eigenvalue weighted by Gasteiger charge is -2.10. The summed E-state index contributed by atoms with van der Waals surface area (Å²) in [5, 5.41) is 6.18. The molecule has 2 N–H and O–H groups in total. The molecule has 5 nitrogen and oxygen atoms in total. The van der Waals surface area contributed by atoms with Crippen molar-refractivity contribution in [2.24, 2.45) is 5.92 Å². The molecule has 2 rings (SSSR count). The van der Waals surface area contributed by atoms with E-state index in [-0.39, 0.29) is 5.91 Å². The van der Waals surface area contributed by atoms with Crippen molar-refractivity contribution >= 4 is 17.3 Å². The molecule has 1 amide bonds. The molecule has 0 heterocycles. The van der Waals surface area contributed by atoms with Crippen LogP contribution in [0.5, 0.6) is 11.5 Å². The molecule has 2 aromatic rings. The van der Waals surface area contributed by atoms with E-state index < -0.39 is 0 Å². The molecule has 5 heteroatoms. The minimum absolute atomic E-state index is 0.0450. The Hall–Kier alpha value is -2.69. The van der Waals surface area contributed by atoms with Crippen molar-refractivity contribution in [1.29, 1.82) is 0 Å². The van der Waals surface area contributed by atoms with Gasteiger partial charge in [0.15, 0.2) is 0 Å². The van der Waals surface area contributed by atoms with Crippen molar-refractivity contribution in [2.75, 3.05) is 30.9 Å². The van der Waals surface area contributed by atoms with E-state index in [0.717, 1.165) is 22.9 Å². The molecular weight excluding hydrogens is 316 g/mol. The highest BCUT2D eigenvalue weighted by Gasteiger charge is 2.05. The van der Waals surface area contributed by atoms with Gasteiger partial charge in [0.2, 0.25) is 5.91 Å². The lowest BCUT2D eigenvalue weighted by molar-refractivity contribution is -0.116. The molecule has 0 bridgehead atoms. The summed E-state index contributed by atoms with van der Waals surface area (Å²) in [5.41, 5.74) is 1.80. The van der Waals surface area contributed by atoms with Gasteiger partial charge in [0.05, 0.1) is 7.11 Å². The number of methoxy groups -OCH3 is 1. The molecule has 0 aliphatic rings. The van der Waals surface area contributed by atoms with Gasteiger partial charge in [0.25, 0.3) is 0 Å². The smallest absolute Gasteiger partial charge is 0.224 e. The monoisotopic (exact) mass is 342 g/mol. The summed E-state index contributed by atoms with van der Waals surface area (Å²) < 4.78 is 10.8. The fourth-order valence-electron chi connectivity index (χ4n) is 2.29. The Morgan fingerprint density at radius 2 is 1.56 bits per heavy atom. The lowest BCUT2D eigenvalue weighted by atomic mass is 10.1. The predicted octanol–water partition coefficient (Wildman–Crippen LogP) is 4.17. The van der Waals surface area contributed by atoms with Crippen LogP contribution in [0.1, 0.15) is 20.3 Å². The van der Waals surface area contributed by atoms with Crippen LogP contribution in [0.4, 0.5) is 11.4 Å². The van der Waals surface area contributed by atoms with Crippen molar-refractivity contribution in [1.82, 2.24) is 0 Å². The number of anilines is 2. The minimum atomic E-state index is 0.0450. The Morgan fingerprint density at radius 3 is 2.16 bits per heavy atom. The van der Waals surface area contributed by atoms with Gasteiger partial charge in [0.1, 0.15) is 18.1 Å². The summed E-state index contributed by atoms with van der Waals surface area (Å²) in [6, 6.07) is 15.2. The van der Waals surface area contributed by atoms with Gasteiger partial charge in [-0.05, 0) is 54.4 Å². The lowest BCUT2D eigenvalue weighted by Crippen LogP contribution is -2.14. The molecular formula is C20H26N2O3. The first kappa shape index (κ1) is 18.6. The molecule has 0 fully saturated rings. The van der Waals surface area contributed by atoms with Crippen LogP contribution in [-0.2, 0) is 4.79 Å². The molecule has 0 saturated carbocycles. The van der Waals surface area contributed by atoms with Crippen LogP contribution < -0.4 is 20.1 Å². The van der Waals surface area contributed by atoms with Gasteiger partial charge in [-0.3, -0.25) is 4.79 Å². The summed E-state index contributed by atoms with van der Waals surface area (Å²) in [5.74, 6) is 2.02. The number of carbonyl (C=O) groups excluding carboxylic acids is 1. The molecule has 0 radical (unpaired) electrons. The molecule has 0 atom stereocenters. The van der Waals surface area contributed by atoms with Crippen LogP contribution in [-0.4, -0.2) is 26.2 Å². The summed E-state index contributed by atoms with van der Waals surface area (Å²) in [7, 11) is 1.64. The van der Waals surface area contributed by atoms with Crippen molar-refractivity contribution < 1.29 is 14.3 Å². The van der Waals surface area contributed by atoms with E-state index in [2.05, 4.69) is 10.6 Å². The fourth-order valence-corrected chi connectivity index (χ4v) is 2.29. The van der Waals surface area contributed by atoms with Crippen LogP contribution in [0.25, 0.3) is 0 Å². The SMILES string of the molecule is COc1ccc(OCCNc2ccc(NC(=O)CC(C)C)cc2)cc1. The third-order valence-corrected chi connectivity index (χ3v) is 3.52. The number of ether oxygens (including phenoxy) is 2. The fraction of sp³-hybridized carbons (Fsp3) is 0.350. The standard InChI is InChI=1S/C20H26N2O3/c1-15(2)14-20(23)22-17-6-4-16(5-7-17)21-12-13-25-19-10-8-18(24-3)9-11-19/h4-11,15,21H,12-14H2,1-3H3,(H,22,23). The molecule has 0 unspecified atom stereocenters. The third-order valence-electron chi connectivity index (χ3n) is 3.52. The van der Waals surface area contributed by atoms with E-state index in [4.69, 9.17) is 9.47 Å². The van der Waals surface area contributed by atoms with Gasteiger partial charge in [-0.25, -0.2) is 0 Å². The Bertz CT molecular complexity index is 652. The van der Waals surface area contributed by atoms with E-state index in [0.29, 0.717) is 25.5 Å². The number of nitrogens with one attached hydrogen (secondary N) is 2. The summed E-state index contributed by atoms with van der Waals surface area (Å²) in [6.07, 6.45) is 0.530.